The maximum absolute atomic E-state index is 4.43. The standard InChI is InChI=1S/C15H18BrN3/c1-3-6-17-8-12-9-18-15(19-10-12)13-5-4-11(2)14(16)7-13/h4-5,7,9-10,17H,3,6,8H2,1-2H3. The normalized spacial score (nSPS) is 10.7. The first kappa shape index (κ1) is 14.2. The third kappa shape index (κ3) is 3.85. The third-order valence-electron chi connectivity index (χ3n) is 2.89. The molecule has 2 aromatic rings. The monoisotopic (exact) mass is 319 g/mol. The van der Waals surface area contributed by atoms with Crippen LogP contribution >= 0.6 is 15.9 Å². The average molecular weight is 320 g/mol. The summed E-state index contributed by atoms with van der Waals surface area (Å²) in [7, 11) is 0. The number of aryl methyl sites for hydroxylation is 1. The number of hydrogen-bond donors (Lipinski definition) is 1. The molecule has 0 bridgehead atoms. The van der Waals surface area contributed by atoms with E-state index in [-0.39, 0.29) is 0 Å². The highest BCUT2D eigenvalue weighted by molar-refractivity contribution is 9.10. The molecule has 0 saturated carbocycles. The van der Waals surface area contributed by atoms with Gasteiger partial charge < -0.3 is 5.32 Å². The van der Waals surface area contributed by atoms with Gasteiger partial charge in [-0.3, -0.25) is 0 Å². The zero-order valence-electron chi connectivity index (χ0n) is 11.3. The molecule has 0 aliphatic heterocycles. The van der Waals surface area contributed by atoms with Crippen LogP contribution in [0.1, 0.15) is 24.5 Å². The van der Waals surface area contributed by atoms with Crippen LogP contribution in [0.4, 0.5) is 0 Å². The van der Waals surface area contributed by atoms with Crippen molar-refractivity contribution in [2.24, 2.45) is 0 Å². The third-order valence-corrected chi connectivity index (χ3v) is 3.75. The average Bonchev–Trinajstić information content (AvgIpc) is 2.43. The molecule has 0 fully saturated rings. The first-order valence-electron chi connectivity index (χ1n) is 6.49. The number of rotatable bonds is 5. The highest BCUT2D eigenvalue weighted by atomic mass is 79.9. The number of benzene rings is 1. The summed E-state index contributed by atoms with van der Waals surface area (Å²) in [4.78, 5) is 8.85. The van der Waals surface area contributed by atoms with E-state index in [1.807, 2.05) is 18.5 Å². The van der Waals surface area contributed by atoms with Gasteiger partial charge in [0.15, 0.2) is 5.82 Å². The van der Waals surface area contributed by atoms with Crippen molar-refractivity contribution in [2.45, 2.75) is 26.8 Å². The predicted molar refractivity (Wildman–Crippen MR) is 81.9 cm³/mol. The molecule has 1 aromatic heterocycles. The molecule has 1 aromatic carbocycles. The van der Waals surface area contributed by atoms with Crippen molar-refractivity contribution in [3.05, 3.63) is 46.2 Å². The van der Waals surface area contributed by atoms with Gasteiger partial charge in [-0.1, -0.05) is 35.0 Å². The summed E-state index contributed by atoms with van der Waals surface area (Å²) in [6, 6.07) is 6.17. The molecule has 1 N–H and O–H groups in total. The molecule has 0 spiro atoms. The second-order valence-corrected chi connectivity index (χ2v) is 5.41. The van der Waals surface area contributed by atoms with Crippen molar-refractivity contribution in [1.82, 2.24) is 15.3 Å². The summed E-state index contributed by atoms with van der Waals surface area (Å²) in [5.74, 6) is 0.764. The zero-order valence-corrected chi connectivity index (χ0v) is 12.9. The largest absolute Gasteiger partial charge is 0.313 e. The van der Waals surface area contributed by atoms with Crippen LogP contribution in [0.15, 0.2) is 35.1 Å². The maximum atomic E-state index is 4.43. The minimum Gasteiger partial charge on any atom is -0.313 e. The van der Waals surface area contributed by atoms with E-state index in [0.29, 0.717) is 0 Å². The van der Waals surface area contributed by atoms with E-state index in [4.69, 9.17) is 0 Å². The van der Waals surface area contributed by atoms with E-state index in [2.05, 4.69) is 57.2 Å². The Kier molecular flexibility index (Phi) is 5.05. The number of nitrogens with one attached hydrogen (secondary N) is 1. The van der Waals surface area contributed by atoms with Crippen molar-refractivity contribution >= 4 is 15.9 Å². The van der Waals surface area contributed by atoms with Crippen LogP contribution in [0.5, 0.6) is 0 Å². The maximum Gasteiger partial charge on any atom is 0.159 e. The Morgan fingerprint density at radius 3 is 2.58 bits per heavy atom. The van der Waals surface area contributed by atoms with Crippen LogP contribution < -0.4 is 5.32 Å². The highest BCUT2D eigenvalue weighted by Gasteiger charge is 2.03. The van der Waals surface area contributed by atoms with Gasteiger partial charge in [-0.25, -0.2) is 9.97 Å². The lowest BCUT2D eigenvalue weighted by Crippen LogP contribution is -2.14. The molecule has 0 aliphatic carbocycles. The van der Waals surface area contributed by atoms with E-state index in [1.165, 1.54) is 5.56 Å². The van der Waals surface area contributed by atoms with E-state index in [9.17, 15) is 0 Å². The number of nitrogens with zero attached hydrogens (tertiary/aromatic N) is 2. The van der Waals surface area contributed by atoms with Gasteiger partial charge in [-0.2, -0.15) is 0 Å². The van der Waals surface area contributed by atoms with E-state index < -0.39 is 0 Å². The molecule has 3 nitrogen and oxygen atoms in total. The summed E-state index contributed by atoms with van der Waals surface area (Å²) in [5, 5.41) is 3.34. The summed E-state index contributed by atoms with van der Waals surface area (Å²) >= 11 is 3.53. The van der Waals surface area contributed by atoms with Crippen molar-refractivity contribution in [3.63, 3.8) is 0 Å². The lowest BCUT2D eigenvalue weighted by Gasteiger charge is -2.05. The molecule has 100 valence electrons. The van der Waals surface area contributed by atoms with E-state index in [1.54, 1.807) is 0 Å². The number of aromatic nitrogens is 2. The topological polar surface area (TPSA) is 37.8 Å². The van der Waals surface area contributed by atoms with E-state index in [0.717, 1.165) is 40.9 Å². The van der Waals surface area contributed by atoms with Crippen LogP contribution in [0.3, 0.4) is 0 Å². The van der Waals surface area contributed by atoms with Gasteiger partial charge in [0.05, 0.1) is 0 Å². The summed E-state index contributed by atoms with van der Waals surface area (Å²) in [6.07, 6.45) is 4.91. The molecule has 0 aliphatic rings. The Morgan fingerprint density at radius 2 is 1.95 bits per heavy atom. The Morgan fingerprint density at radius 1 is 1.21 bits per heavy atom. The molecule has 0 radical (unpaired) electrons. The molecule has 0 atom stereocenters. The van der Waals surface area contributed by atoms with Gasteiger partial charge in [0, 0.05) is 34.5 Å². The Bertz CT molecular complexity index is 538. The molecule has 0 unspecified atom stereocenters. The van der Waals surface area contributed by atoms with Gasteiger partial charge in [0.2, 0.25) is 0 Å². The molecule has 4 heteroatoms. The van der Waals surface area contributed by atoms with Gasteiger partial charge in [-0.05, 0) is 31.5 Å². The van der Waals surface area contributed by atoms with Crippen molar-refractivity contribution in [3.8, 4) is 11.4 Å². The highest BCUT2D eigenvalue weighted by Crippen LogP contribution is 2.22. The summed E-state index contributed by atoms with van der Waals surface area (Å²) in [5.41, 5.74) is 3.36. The van der Waals surface area contributed by atoms with Gasteiger partial charge in [0.1, 0.15) is 0 Å². The van der Waals surface area contributed by atoms with Crippen LogP contribution in [-0.2, 0) is 6.54 Å². The molecule has 0 amide bonds. The number of hydrogen-bond acceptors (Lipinski definition) is 3. The number of halogens is 1. The zero-order chi connectivity index (χ0) is 13.7. The Hall–Kier alpha value is -1.26. The van der Waals surface area contributed by atoms with Crippen LogP contribution in [-0.4, -0.2) is 16.5 Å². The van der Waals surface area contributed by atoms with Gasteiger partial charge >= 0.3 is 0 Å². The first-order valence-corrected chi connectivity index (χ1v) is 7.28. The Labute approximate surface area is 122 Å². The Balaban J connectivity index is 2.11. The molecule has 19 heavy (non-hydrogen) atoms. The fourth-order valence-electron chi connectivity index (χ4n) is 1.74. The SMILES string of the molecule is CCCNCc1cnc(-c2ccc(C)c(Br)c2)nc1. The molecular formula is C15H18BrN3. The van der Waals surface area contributed by atoms with Gasteiger partial charge in [-0.15, -0.1) is 0 Å². The van der Waals surface area contributed by atoms with Crippen molar-refractivity contribution in [1.29, 1.82) is 0 Å². The van der Waals surface area contributed by atoms with Crippen molar-refractivity contribution in [2.75, 3.05) is 6.54 Å². The smallest absolute Gasteiger partial charge is 0.159 e. The van der Waals surface area contributed by atoms with E-state index >= 15 is 0 Å². The van der Waals surface area contributed by atoms with Crippen LogP contribution in [0, 0.1) is 6.92 Å². The minimum absolute atomic E-state index is 0.764. The first-order chi connectivity index (χ1) is 9.20. The van der Waals surface area contributed by atoms with Crippen molar-refractivity contribution < 1.29 is 0 Å². The van der Waals surface area contributed by atoms with Gasteiger partial charge in [0.25, 0.3) is 0 Å². The van der Waals surface area contributed by atoms with Crippen LogP contribution in [0.2, 0.25) is 0 Å². The van der Waals surface area contributed by atoms with Crippen LogP contribution in [0.25, 0.3) is 11.4 Å². The lowest BCUT2D eigenvalue weighted by atomic mass is 10.1. The molecular weight excluding hydrogens is 302 g/mol. The minimum atomic E-state index is 0.764. The summed E-state index contributed by atoms with van der Waals surface area (Å²) < 4.78 is 1.09. The quantitative estimate of drug-likeness (QED) is 0.854. The summed E-state index contributed by atoms with van der Waals surface area (Å²) in [6.45, 7) is 6.07. The predicted octanol–water partition coefficient (Wildman–Crippen LogP) is 3.71. The lowest BCUT2D eigenvalue weighted by molar-refractivity contribution is 0.672. The fourth-order valence-corrected chi connectivity index (χ4v) is 2.12. The fraction of sp³-hybridized carbons (Fsp3) is 0.333. The second-order valence-electron chi connectivity index (χ2n) is 4.56. The molecule has 1 heterocycles. The molecule has 0 saturated heterocycles. The molecule has 2 rings (SSSR count). The second kappa shape index (κ2) is 6.78.